The van der Waals surface area contributed by atoms with E-state index in [2.05, 4.69) is 0 Å². The van der Waals surface area contributed by atoms with Crippen LogP contribution in [-0.4, -0.2) is 41.8 Å². The summed E-state index contributed by atoms with van der Waals surface area (Å²) in [5.74, 6) is -0.950. The Kier molecular flexibility index (Phi) is 6.41. The highest BCUT2D eigenvalue weighted by atomic mass is 35.5. The molecule has 0 aromatic heterocycles. The van der Waals surface area contributed by atoms with Gasteiger partial charge >= 0.3 is 5.97 Å². The lowest BCUT2D eigenvalue weighted by Gasteiger charge is -2.12. The maximum Gasteiger partial charge on any atom is 0.342 e. The molecular formula is C12H16ClNO6S. The summed E-state index contributed by atoms with van der Waals surface area (Å²) in [7, 11) is -1.34. The Labute approximate surface area is 128 Å². The van der Waals surface area contributed by atoms with E-state index in [1.54, 1.807) is 0 Å². The normalized spacial score (nSPS) is 11.2. The Morgan fingerprint density at radius 1 is 1.29 bits per heavy atom. The minimum absolute atomic E-state index is 0.0312. The number of hydrogen-bond donors (Lipinski definition) is 1. The second kappa shape index (κ2) is 7.60. The maximum absolute atomic E-state index is 12.0. The fourth-order valence-corrected chi connectivity index (χ4v) is 2.61. The Bertz CT molecular complexity index is 616. The molecule has 21 heavy (non-hydrogen) atoms. The summed E-state index contributed by atoms with van der Waals surface area (Å²) in [5.41, 5.74) is -0.105. The zero-order valence-electron chi connectivity index (χ0n) is 11.6. The minimum Gasteiger partial charge on any atom is -0.494 e. The molecule has 0 bridgehead atoms. The van der Waals surface area contributed by atoms with Crippen molar-refractivity contribution < 1.29 is 27.4 Å². The van der Waals surface area contributed by atoms with Gasteiger partial charge in [-0.15, -0.1) is 0 Å². The number of methoxy groups -OCH3 is 2. The average Bonchev–Trinajstić information content (AvgIpc) is 2.41. The first kappa shape index (κ1) is 17.7. The number of halogens is 1. The van der Waals surface area contributed by atoms with Crippen LogP contribution in [0.2, 0.25) is 5.02 Å². The third kappa shape index (κ3) is 4.85. The second-order valence-electron chi connectivity index (χ2n) is 4.01. The molecule has 118 valence electrons. The van der Waals surface area contributed by atoms with Gasteiger partial charge in [-0.25, -0.2) is 18.4 Å². The average molecular weight is 338 g/mol. The molecule has 7 nitrogen and oxygen atoms in total. The van der Waals surface area contributed by atoms with Crippen LogP contribution in [0.15, 0.2) is 17.0 Å². The lowest BCUT2D eigenvalue weighted by molar-refractivity contribution is 0.0464. The summed E-state index contributed by atoms with van der Waals surface area (Å²) in [4.78, 5) is 11.6. The first-order valence-electron chi connectivity index (χ1n) is 5.87. The zero-order valence-corrected chi connectivity index (χ0v) is 13.2. The van der Waals surface area contributed by atoms with Crippen LogP contribution in [0.5, 0.6) is 5.75 Å². The predicted octanol–water partition coefficient (Wildman–Crippen LogP) is 1.19. The highest BCUT2D eigenvalue weighted by Crippen LogP contribution is 2.31. The van der Waals surface area contributed by atoms with Crippen molar-refractivity contribution in [1.29, 1.82) is 0 Å². The van der Waals surface area contributed by atoms with E-state index < -0.39 is 16.0 Å². The van der Waals surface area contributed by atoms with E-state index in [-0.39, 0.29) is 27.8 Å². The topological polar surface area (TPSA) is 105 Å². The van der Waals surface area contributed by atoms with E-state index in [9.17, 15) is 13.2 Å². The van der Waals surface area contributed by atoms with E-state index in [1.165, 1.54) is 20.3 Å². The van der Waals surface area contributed by atoms with Gasteiger partial charge in [-0.1, -0.05) is 11.6 Å². The van der Waals surface area contributed by atoms with E-state index in [0.29, 0.717) is 13.0 Å². The molecule has 0 atom stereocenters. The number of esters is 1. The fraction of sp³-hybridized carbons (Fsp3) is 0.417. The lowest BCUT2D eigenvalue weighted by atomic mass is 10.2. The molecule has 0 saturated carbocycles. The van der Waals surface area contributed by atoms with Gasteiger partial charge in [0.25, 0.3) is 0 Å². The van der Waals surface area contributed by atoms with Crippen molar-refractivity contribution in [2.75, 3.05) is 27.4 Å². The van der Waals surface area contributed by atoms with Crippen LogP contribution in [-0.2, 0) is 19.5 Å². The molecule has 0 aliphatic rings. The van der Waals surface area contributed by atoms with E-state index in [1.807, 2.05) is 0 Å². The standard InChI is InChI=1S/C12H16ClNO6S/c1-18-4-3-5-20-12(15)9-6-8(13)7-10(11(9)19-2)21(14,16)17/h6-7H,3-5H2,1-2H3,(H2,14,16,17). The van der Waals surface area contributed by atoms with Crippen molar-refractivity contribution in [2.45, 2.75) is 11.3 Å². The van der Waals surface area contributed by atoms with Crippen molar-refractivity contribution in [3.05, 3.63) is 22.7 Å². The SMILES string of the molecule is COCCCOC(=O)c1cc(Cl)cc(S(N)(=O)=O)c1OC. The molecule has 2 N–H and O–H groups in total. The molecule has 9 heteroatoms. The van der Waals surface area contributed by atoms with Crippen LogP contribution in [0.1, 0.15) is 16.8 Å². The summed E-state index contributed by atoms with van der Waals surface area (Å²) in [6, 6.07) is 2.37. The van der Waals surface area contributed by atoms with Crippen LogP contribution in [0.3, 0.4) is 0 Å². The number of carbonyl (C=O) groups is 1. The molecule has 0 fully saturated rings. The number of benzene rings is 1. The van der Waals surface area contributed by atoms with E-state index in [4.69, 9.17) is 31.0 Å². The van der Waals surface area contributed by atoms with E-state index in [0.717, 1.165) is 6.07 Å². The molecule has 0 amide bonds. The maximum atomic E-state index is 12.0. The molecule has 1 rings (SSSR count). The van der Waals surface area contributed by atoms with Crippen molar-refractivity contribution in [3.63, 3.8) is 0 Å². The number of sulfonamides is 1. The molecule has 0 spiro atoms. The van der Waals surface area contributed by atoms with Gasteiger partial charge in [-0.05, 0) is 12.1 Å². The minimum atomic E-state index is -4.09. The lowest BCUT2D eigenvalue weighted by Crippen LogP contribution is -2.16. The number of hydrogen-bond acceptors (Lipinski definition) is 6. The van der Waals surface area contributed by atoms with Crippen LogP contribution >= 0.6 is 11.6 Å². The van der Waals surface area contributed by atoms with Crippen molar-refractivity contribution >= 4 is 27.6 Å². The number of nitrogens with two attached hydrogens (primary N) is 1. The molecule has 1 aromatic rings. The predicted molar refractivity (Wildman–Crippen MR) is 76.2 cm³/mol. The molecule has 0 aliphatic carbocycles. The van der Waals surface area contributed by atoms with Gasteiger partial charge in [0, 0.05) is 25.2 Å². The van der Waals surface area contributed by atoms with Gasteiger partial charge in [-0.2, -0.15) is 0 Å². The summed E-state index contributed by atoms with van der Waals surface area (Å²) < 4.78 is 37.8. The molecule has 0 saturated heterocycles. The van der Waals surface area contributed by atoms with Crippen LogP contribution < -0.4 is 9.88 Å². The summed E-state index contributed by atoms with van der Waals surface area (Å²) in [5, 5.41) is 5.11. The van der Waals surface area contributed by atoms with Crippen LogP contribution in [0.25, 0.3) is 0 Å². The molecule has 1 aromatic carbocycles. The Morgan fingerprint density at radius 2 is 1.95 bits per heavy atom. The van der Waals surface area contributed by atoms with E-state index >= 15 is 0 Å². The Morgan fingerprint density at radius 3 is 2.48 bits per heavy atom. The largest absolute Gasteiger partial charge is 0.494 e. The zero-order chi connectivity index (χ0) is 16.0. The number of ether oxygens (including phenoxy) is 3. The van der Waals surface area contributed by atoms with Gasteiger partial charge in [0.15, 0.2) is 5.75 Å². The van der Waals surface area contributed by atoms with Gasteiger partial charge in [0.2, 0.25) is 10.0 Å². The van der Waals surface area contributed by atoms with Gasteiger partial charge in [0.05, 0.1) is 13.7 Å². The van der Waals surface area contributed by atoms with Crippen molar-refractivity contribution in [1.82, 2.24) is 0 Å². The molecule has 0 aliphatic heterocycles. The number of carbonyl (C=O) groups excluding carboxylic acids is 1. The van der Waals surface area contributed by atoms with Gasteiger partial charge in [0.1, 0.15) is 10.5 Å². The molecule has 0 radical (unpaired) electrons. The monoisotopic (exact) mass is 337 g/mol. The molecule has 0 heterocycles. The van der Waals surface area contributed by atoms with Gasteiger partial charge < -0.3 is 14.2 Å². The summed E-state index contributed by atoms with van der Waals surface area (Å²) in [6.07, 6.45) is 0.507. The van der Waals surface area contributed by atoms with Gasteiger partial charge in [-0.3, -0.25) is 0 Å². The van der Waals surface area contributed by atoms with Crippen molar-refractivity contribution in [3.8, 4) is 5.75 Å². The third-order valence-electron chi connectivity index (χ3n) is 2.48. The first-order chi connectivity index (χ1) is 9.81. The highest BCUT2D eigenvalue weighted by Gasteiger charge is 2.24. The number of primary sulfonamides is 1. The summed E-state index contributed by atoms with van der Waals surface area (Å²) in [6.45, 7) is 0.551. The Hall–Kier alpha value is -1.35. The van der Waals surface area contributed by atoms with Crippen LogP contribution in [0, 0.1) is 0 Å². The van der Waals surface area contributed by atoms with Crippen LogP contribution in [0.4, 0.5) is 0 Å². The smallest absolute Gasteiger partial charge is 0.342 e. The van der Waals surface area contributed by atoms with Crippen molar-refractivity contribution in [2.24, 2.45) is 5.14 Å². The second-order valence-corrected chi connectivity index (χ2v) is 5.98. The first-order valence-corrected chi connectivity index (χ1v) is 7.80. The fourth-order valence-electron chi connectivity index (χ4n) is 1.59. The number of rotatable bonds is 7. The molecule has 0 unspecified atom stereocenters. The third-order valence-corrected chi connectivity index (χ3v) is 3.61. The Balaban J connectivity index is 3.12. The highest BCUT2D eigenvalue weighted by molar-refractivity contribution is 7.89. The summed E-state index contributed by atoms with van der Waals surface area (Å²) >= 11 is 5.81. The quantitative estimate of drug-likeness (QED) is 0.592. The molecular weight excluding hydrogens is 322 g/mol.